The van der Waals surface area contributed by atoms with Gasteiger partial charge in [-0.05, 0) is 23.8 Å². The molecule has 0 spiro atoms. The van der Waals surface area contributed by atoms with E-state index >= 15 is 0 Å². The maximum Gasteiger partial charge on any atom is 0.326 e. The molecule has 138 valence electrons. The van der Waals surface area contributed by atoms with E-state index in [1.807, 2.05) is 33.8 Å². The van der Waals surface area contributed by atoms with Crippen LogP contribution >= 0.6 is 0 Å². The number of benzene rings is 1. The second-order valence-corrected chi connectivity index (χ2v) is 7.04. The first-order chi connectivity index (χ1) is 11.7. The third kappa shape index (κ3) is 7.37. The highest BCUT2D eigenvalue weighted by atomic mass is 16.4. The summed E-state index contributed by atoms with van der Waals surface area (Å²) in [5, 5.41) is 14.6. The molecule has 0 aliphatic carbocycles. The Labute approximate surface area is 149 Å². The summed E-state index contributed by atoms with van der Waals surface area (Å²) in [6.07, 6.45) is 0.619. The van der Waals surface area contributed by atoms with Crippen molar-refractivity contribution in [2.24, 2.45) is 11.8 Å². The van der Waals surface area contributed by atoms with Crippen molar-refractivity contribution in [2.45, 2.75) is 52.6 Å². The summed E-state index contributed by atoms with van der Waals surface area (Å²) >= 11 is 0. The minimum Gasteiger partial charge on any atom is -0.480 e. The third-order valence-electron chi connectivity index (χ3n) is 3.62. The lowest BCUT2D eigenvalue weighted by molar-refractivity contribution is -0.142. The van der Waals surface area contributed by atoms with Crippen molar-refractivity contribution in [3.8, 4) is 0 Å². The first-order valence-corrected chi connectivity index (χ1v) is 8.58. The van der Waals surface area contributed by atoms with Crippen molar-refractivity contribution >= 4 is 17.8 Å². The van der Waals surface area contributed by atoms with Crippen LogP contribution in [-0.4, -0.2) is 28.9 Å². The SMILES string of the molecule is CC(C)CC(=O)NC(C(=O)N[C@H](CC(C)C)C(=O)O)c1ccccc1. The number of rotatable bonds is 9. The molecule has 0 aliphatic rings. The van der Waals surface area contributed by atoms with Gasteiger partial charge in [0, 0.05) is 6.42 Å². The van der Waals surface area contributed by atoms with Crippen LogP contribution in [0.3, 0.4) is 0 Å². The van der Waals surface area contributed by atoms with E-state index in [2.05, 4.69) is 10.6 Å². The van der Waals surface area contributed by atoms with Crippen LogP contribution in [0.1, 0.15) is 52.1 Å². The molecule has 0 saturated carbocycles. The van der Waals surface area contributed by atoms with Crippen molar-refractivity contribution in [3.63, 3.8) is 0 Å². The lowest BCUT2D eigenvalue weighted by Crippen LogP contribution is -2.47. The van der Waals surface area contributed by atoms with E-state index in [0.29, 0.717) is 18.4 Å². The zero-order valence-corrected chi connectivity index (χ0v) is 15.3. The van der Waals surface area contributed by atoms with Gasteiger partial charge in [-0.25, -0.2) is 4.79 Å². The van der Waals surface area contributed by atoms with E-state index in [9.17, 15) is 19.5 Å². The Balaban J connectivity index is 2.95. The fourth-order valence-electron chi connectivity index (χ4n) is 2.48. The third-order valence-corrected chi connectivity index (χ3v) is 3.62. The molecule has 1 aromatic carbocycles. The Hall–Kier alpha value is -2.37. The van der Waals surface area contributed by atoms with Gasteiger partial charge in [-0.15, -0.1) is 0 Å². The van der Waals surface area contributed by atoms with Crippen LogP contribution in [0.15, 0.2) is 30.3 Å². The number of nitrogens with one attached hydrogen (secondary N) is 2. The van der Waals surface area contributed by atoms with E-state index in [-0.39, 0.29) is 17.7 Å². The fraction of sp³-hybridized carbons (Fsp3) is 0.526. The van der Waals surface area contributed by atoms with Gasteiger partial charge < -0.3 is 15.7 Å². The lowest BCUT2D eigenvalue weighted by Gasteiger charge is -2.23. The monoisotopic (exact) mass is 348 g/mol. The molecule has 2 atom stereocenters. The topological polar surface area (TPSA) is 95.5 Å². The normalized spacial score (nSPS) is 13.4. The van der Waals surface area contributed by atoms with Crippen LogP contribution in [0.25, 0.3) is 0 Å². The summed E-state index contributed by atoms with van der Waals surface area (Å²) in [5.74, 6) is -1.56. The first kappa shape index (κ1) is 20.7. The molecule has 0 radical (unpaired) electrons. The van der Waals surface area contributed by atoms with Gasteiger partial charge in [0.1, 0.15) is 12.1 Å². The quantitative estimate of drug-likeness (QED) is 0.639. The van der Waals surface area contributed by atoms with Gasteiger partial charge >= 0.3 is 5.97 Å². The molecule has 6 nitrogen and oxygen atoms in total. The summed E-state index contributed by atoms with van der Waals surface area (Å²) in [6.45, 7) is 7.61. The predicted octanol–water partition coefficient (Wildman–Crippen LogP) is 2.51. The van der Waals surface area contributed by atoms with Gasteiger partial charge in [0.15, 0.2) is 0 Å². The van der Waals surface area contributed by atoms with Gasteiger partial charge in [0.2, 0.25) is 11.8 Å². The number of hydrogen-bond donors (Lipinski definition) is 3. The van der Waals surface area contributed by atoms with E-state index in [4.69, 9.17) is 0 Å². The highest BCUT2D eigenvalue weighted by Gasteiger charge is 2.28. The standard InChI is InChI=1S/C19H28N2O4/c1-12(2)10-15(19(24)25)20-18(23)17(14-8-6-5-7-9-14)21-16(22)11-13(3)4/h5-9,12-13,15,17H,10-11H2,1-4H3,(H,20,23)(H,21,22)(H,24,25)/t15-,17?/m1/s1. The summed E-state index contributed by atoms with van der Waals surface area (Å²) in [7, 11) is 0. The van der Waals surface area contributed by atoms with Crippen LogP contribution in [0.2, 0.25) is 0 Å². The molecular formula is C19H28N2O4. The van der Waals surface area contributed by atoms with Crippen LogP contribution in [0.4, 0.5) is 0 Å². The van der Waals surface area contributed by atoms with Gasteiger partial charge in [0.05, 0.1) is 0 Å². The molecule has 0 saturated heterocycles. The summed E-state index contributed by atoms with van der Waals surface area (Å²) < 4.78 is 0. The minimum atomic E-state index is -1.08. The maximum absolute atomic E-state index is 12.7. The average molecular weight is 348 g/mol. The zero-order chi connectivity index (χ0) is 19.0. The molecule has 1 aromatic rings. The average Bonchev–Trinajstić information content (AvgIpc) is 2.51. The second kappa shape index (κ2) is 9.81. The molecule has 0 fully saturated rings. The van der Waals surface area contributed by atoms with Gasteiger partial charge in [-0.2, -0.15) is 0 Å². The molecular weight excluding hydrogens is 320 g/mol. The molecule has 0 aliphatic heterocycles. The first-order valence-electron chi connectivity index (χ1n) is 8.58. The number of carboxylic acids is 1. The molecule has 1 rings (SSSR count). The lowest BCUT2D eigenvalue weighted by atomic mass is 10.0. The highest BCUT2D eigenvalue weighted by Crippen LogP contribution is 2.15. The largest absolute Gasteiger partial charge is 0.480 e. The summed E-state index contributed by atoms with van der Waals surface area (Å²) in [5.41, 5.74) is 0.616. The van der Waals surface area contributed by atoms with E-state index in [0.717, 1.165) is 0 Å². The Morgan fingerprint density at radius 1 is 0.960 bits per heavy atom. The molecule has 1 unspecified atom stereocenters. The zero-order valence-electron chi connectivity index (χ0n) is 15.3. The molecule has 0 heterocycles. The number of amides is 2. The van der Waals surface area contributed by atoms with Crippen molar-refractivity contribution in [1.82, 2.24) is 10.6 Å². The van der Waals surface area contributed by atoms with Crippen LogP contribution in [0.5, 0.6) is 0 Å². The highest BCUT2D eigenvalue weighted by molar-refractivity contribution is 5.91. The molecule has 2 amide bonds. The predicted molar refractivity (Wildman–Crippen MR) is 95.8 cm³/mol. The van der Waals surface area contributed by atoms with E-state index in [1.165, 1.54) is 0 Å². The molecule has 6 heteroatoms. The Morgan fingerprint density at radius 3 is 2.04 bits per heavy atom. The van der Waals surface area contributed by atoms with Gasteiger partial charge in [-0.3, -0.25) is 9.59 Å². The molecule has 3 N–H and O–H groups in total. The van der Waals surface area contributed by atoms with Crippen LogP contribution < -0.4 is 10.6 Å². The number of carboxylic acid groups (broad SMARTS) is 1. The number of aliphatic carboxylic acids is 1. The van der Waals surface area contributed by atoms with Crippen LogP contribution in [0, 0.1) is 11.8 Å². The van der Waals surface area contributed by atoms with Crippen molar-refractivity contribution < 1.29 is 19.5 Å². The van der Waals surface area contributed by atoms with E-state index in [1.54, 1.807) is 24.3 Å². The van der Waals surface area contributed by atoms with Crippen molar-refractivity contribution in [2.75, 3.05) is 0 Å². The van der Waals surface area contributed by atoms with E-state index < -0.39 is 24.0 Å². The molecule has 0 aromatic heterocycles. The number of carbonyl (C=O) groups is 3. The van der Waals surface area contributed by atoms with Crippen molar-refractivity contribution in [1.29, 1.82) is 0 Å². The molecule has 25 heavy (non-hydrogen) atoms. The Kier molecular flexibility index (Phi) is 8.11. The Bertz CT molecular complexity index is 584. The Morgan fingerprint density at radius 2 is 1.56 bits per heavy atom. The maximum atomic E-state index is 12.7. The second-order valence-electron chi connectivity index (χ2n) is 7.04. The minimum absolute atomic E-state index is 0.118. The van der Waals surface area contributed by atoms with Gasteiger partial charge in [-0.1, -0.05) is 58.0 Å². The molecule has 0 bridgehead atoms. The number of hydrogen-bond acceptors (Lipinski definition) is 3. The summed E-state index contributed by atoms with van der Waals surface area (Å²) in [4.78, 5) is 36.2. The van der Waals surface area contributed by atoms with Gasteiger partial charge in [0.25, 0.3) is 0 Å². The van der Waals surface area contributed by atoms with Crippen LogP contribution in [-0.2, 0) is 14.4 Å². The smallest absolute Gasteiger partial charge is 0.326 e. The summed E-state index contributed by atoms with van der Waals surface area (Å²) in [6, 6.07) is 6.92. The number of carbonyl (C=O) groups excluding carboxylic acids is 2. The van der Waals surface area contributed by atoms with Crippen molar-refractivity contribution in [3.05, 3.63) is 35.9 Å². The fourth-order valence-corrected chi connectivity index (χ4v) is 2.48.